The summed E-state index contributed by atoms with van der Waals surface area (Å²) in [5, 5.41) is 10.7. The summed E-state index contributed by atoms with van der Waals surface area (Å²) in [6, 6.07) is 4.05. The van der Waals surface area contributed by atoms with Gasteiger partial charge in [0.2, 0.25) is 0 Å². The summed E-state index contributed by atoms with van der Waals surface area (Å²) in [4.78, 5) is 4.27. The summed E-state index contributed by atoms with van der Waals surface area (Å²) in [5.74, 6) is 0.620. The molecule has 0 saturated carbocycles. The van der Waals surface area contributed by atoms with Gasteiger partial charge in [-0.25, -0.2) is 9.99 Å². The molecule has 0 bridgehead atoms. The first-order chi connectivity index (χ1) is 6.54. The van der Waals surface area contributed by atoms with Crippen molar-refractivity contribution < 1.29 is 0 Å². The number of rotatable bonds is 2. The number of hydrazine groups is 1. The molecule has 0 atom stereocenters. The van der Waals surface area contributed by atoms with E-state index in [1.165, 1.54) is 0 Å². The lowest BCUT2D eigenvalue weighted by Gasteiger charge is -2.15. The number of nitriles is 1. The summed E-state index contributed by atoms with van der Waals surface area (Å²) >= 11 is 0. The lowest BCUT2D eigenvalue weighted by molar-refractivity contribution is 0.492. The summed E-state index contributed by atoms with van der Waals surface area (Å²) < 4.78 is 0. The van der Waals surface area contributed by atoms with Gasteiger partial charge >= 0.3 is 0 Å². The number of aryl methyl sites for hydroxylation is 2. The molecule has 0 spiro atoms. The minimum Gasteiger partial charge on any atom is -0.303 e. The van der Waals surface area contributed by atoms with E-state index >= 15 is 0 Å². The van der Waals surface area contributed by atoms with Gasteiger partial charge in [-0.15, -0.1) is 0 Å². The molecule has 0 unspecified atom stereocenters. The van der Waals surface area contributed by atoms with E-state index in [1.54, 1.807) is 5.01 Å². The fraction of sp³-hybridized carbons (Fsp3) is 0.400. The summed E-state index contributed by atoms with van der Waals surface area (Å²) in [5.41, 5.74) is 5.46. The predicted molar refractivity (Wildman–Crippen MR) is 55.7 cm³/mol. The van der Waals surface area contributed by atoms with Gasteiger partial charge in [-0.2, -0.15) is 5.26 Å². The predicted octanol–water partition coefficient (Wildman–Crippen LogP) is 1.46. The first-order valence-electron chi connectivity index (χ1n) is 4.37. The standard InChI is InChI=1S/C10H14N4/c1-7-5-8(2)12-10(9(7)6-11)13-14(3)4/h5H,1-4H3,(H,12,13). The minimum absolute atomic E-state index is 0.601. The van der Waals surface area contributed by atoms with Crippen molar-refractivity contribution in [1.82, 2.24) is 9.99 Å². The lowest BCUT2D eigenvalue weighted by atomic mass is 10.1. The van der Waals surface area contributed by atoms with Crippen molar-refractivity contribution >= 4 is 5.82 Å². The van der Waals surface area contributed by atoms with Crippen LogP contribution in [0.25, 0.3) is 0 Å². The van der Waals surface area contributed by atoms with Crippen LogP contribution in [-0.2, 0) is 0 Å². The minimum atomic E-state index is 0.601. The zero-order valence-corrected chi connectivity index (χ0v) is 8.92. The maximum atomic E-state index is 8.95. The van der Waals surface area contributed by atoms with Crippen LogP contribution in [0.1, 0.15) is 16.8 Å². The van der Waals surface area contributed by atoms with E-state index in [0.29, 0.717) is 11.4 Å². The molecule has 0 amide bonds. The summed E-state index contributed by atoms with van der Waals surface area (Å²) in [7, 11) is 3.72. The molecule has 4 nitrogen and oxygen atoms in total. The lowest BCUT2D eigenvalue weighted by Crippen LogP contribution is -2.21. The topological polar surface area (TPSA) is 52.0 Å². The molecule has 1 heterocycles. The molecule has 0 radical (unpaired) electrons. The quantitative estimate of drug-likeness (QED) is 0.717. The third kappa shape index (κ3) is 2.21. The van der Waals surface area contributed by atoms with Gasteiger partial charge in [-0.3, -0.25) is 0 Å². The van der Waals surface area contributed by atoms with E-state index in [2.05, 4.69) is 16.5 Å². The van der Waals surface area contributed by atoms with Crippen molar-refractivity contribution in [3.63, 3.8) is 0 Å². The van der Waals surface area contributed by atoms with E-state index < -0.39 is 0 Å². The summed E-state index contributed by atoms with van der Waals surface area (Å²) in [6.07, 6.45) is 0. The fourth-order valence-corrected chi connectivity index (χ4v) is 1.27. The third-order valence-corrected chi connectivity index (χ3v) is 1.79. The van der Waals surface area contributed by atoms with Gasteiger partial charge in [0.05, 0.1) is 5.56 Å². The number of nitrogens with one attached hydrogen (secondary N) is 1. The Kier molecular flexibility index (Phi) is 3.05. The fourth-order valence-electron chi connectivity index (χ4n) is 1.27. The molecule has 0 aromatic carbocycles. The third-order valence-electron chi connectivity index (χ3n) is 1.79. The van der Waals surface area contributed by atoms with Gasteiger partial charge in [0.1, 0.15) is 6.07 Å². The van der Waals surface area contributed by atoms with Crippen molar-refractivity contribution in [2.24, 2.45) is 0 Å². The van der Waals surface area contributed by atoms with Crippen LogP contribution < -0.4 is 5.43 Å². The van der Waals surface area contributed by atoms with Gasteiger partial charge in [0.15, 0.2) is 5.82 Å². The highest BCUT2D eigenvalue weighted by Crippen LogP contribution is 2.17. The number of pyridine rings is 1. The van der Waals surface area contributed by atoms with Crippen molar-refractivity contribution in [2.45, 2.75) is 13.8 Å². The molecule has 1 aromatic heterocycles. The Morgan fingerprint density at radius 1 is 1.43 bits per heavy atom. The normalized spacial score (nSPS) is 10.0. The highest BCUT2D eigenvalue weighted by Gasteiger charge is 2.08. The number of hydrogen-bond acceptors (Lipinski definition) is 4. The Morgan fingerprint density at radius 3 is 2.57 bits per heavy atom. The number of anilines is 1. The maximum absolute atomic E-state index is 8.95. The van der Waals surface area contributed by atoms with Gasteiger partial charge in [-0.05, 0) is 25.5 Å². The second kappa shape index (κ2) is 4.07. The molecular weight excluding hydrogens is 176 g/mol. The zero-order chi connectivity index (χ0) is 10.7. The Hall–Kier alpha value is -1.60. The van der Waals surface area contributed by atoms with Crippen molar-refractivity contribution in [1.29, 1.82) is 5.26 Å². The Bertz CT molecular complexity index is 376. The Balaban J connectivity index is 3.20. The smallest absolute Gasteiger partial charge is 0.158 e. The van der Waals surface area contributed by atoms with Crippen LogP contribution in [0.15, 0.2) is 6.07 Å². The number of hydrogen-bond donors (Lipinski definition) is 1. The average molecular weight is 190 g/mol. The van der Waals surface area contributed by atoms with Crippen LogP contribution in [-0.4, -0.2) is 24.1 Å². The number of aromatic nitrogens is 1. The molecule has 1 aromatic rings. The Labute approximate surface area is 84.1 Å². The largest absolute Gasteiger partial charge is 0.303 e. The van der Waals surface area contributed by atoms with Crippen molar-refractivity contribution in [2.75, 3.05) is 19.5 Å². The summed E-state index contributed by atoms with van der Waals surface area (Å²) in [6.45, 7) is 3.82. The molecule has 4 heteroatoms. The van der Waals surface area contributed by atoms with Gasteiger partial charge in [0, 0.05) is 19.8 Å². The highest BCUT2D eigenvalue weighted by atomic mass is 15.5. The molecule has 74 valence electrons. The second-order valence-corrected chi connectivity index (χ2v) is 3.42. The molecule has 0 aliphatic heterocycles. The van der Waals surface area contributed by atoms with Crippen molar-refractivity contribution in [3.8, 4) is 6.07 Å². The molecule has 0 fully saturated rings. The molecule has 14 heavy (non-hydrogen) atoms. The van der Waals surface area contributed by atoms with Crippen LogP contribution in [0.5, 0.6) is 0 Å². The molecule has 0 saturated heterocycles. The van der Waals surface area contributed by atoms with Crippen LogP contribution in [0, 0.1) is 25.2 Å². The first kappa shape index (κ1) is 10.5. The molecule has 1 N–H and O–H groups in total. The van der Waals surface area contributed by atoms with Crippen LogP contribution >= 0.6 is 0 Å². The van der Waals surface area contributed by atoms with E-state index in [1.807, 2.05) is 34.0 Å². The van der Waals surface area contributed by atoms with E-state index in [4.69, 9.17) is 5.26 Å². The maximum Gasteiger partial charge on any atom is 0.158 e. The number of nitrogens with zero attached hydrogens (tertiary/aromatic N) is 3. The van der Waals surface area contributed by atoms with Gasteiger partial charge < -0.3 is 5.43 Å². The first-order valence-corrected chi connectivity index (χ1v) is 4.37. The molecule has 0 aliphatic rings. The molecule has 1 rings (SSSR count). The molecular formula is C10H14N4. The van der Waals surface area contributed by atoms with E-state index in [9.17, 15) is 0 Å². The monoisotopic (exact) mass is 190 g/mol. The average Bonchev–Trinajstić information content (AvgIpc) is 2.01. The Morgan fingerprint density at radius 2 is 2.07 bits per heavy atom. The SMILES string of the molecule is Cc1cc(C)c(C#N)c(NN(C)C)n1. The zero-order valence-electron chi connectivity index (χ0n) is 8.92. The van der Waals surface area contributed by atoms with Gasteiger partial charge in [0.25, 0.3) is 0 Å². The van der Waals surface area contributed by atoms with E-state index in [0.717, 1.165) is 11.3 Å². The second-order valence-electron chi connectivity index (χ2n) is 3.42. The van der Waals surface area contributed by atoms with Crippen molar-refractivity contribution in [3.05, 3.63) is 22.9 Å². The van der Waals surface area contributed by atoms with Crippen LogP contribution in [0.3, 0.4) is 0 Å². The van der Waals surface area contributed by atoms with Crippen LogP contribution in [0.2, 0.25) is 0 Å². The molecule has 0 aliphatic carbocycles. The van der Waals surface area contributed by atoms with E-state index in [-0.39, 0.29) is 0 Å². The van der Waals surface area contributed by atoms with Crippen LogP contribution in [0.4, 0.5) is 5.82 Å². The highest BCUT2D eigenvalue weighted by molar-refractivity contribution is 5.55. The van der Waals surface area contributed by atoms with Gasteiger partial charge in [-0.1, -0.05) is 0 Å².